The first kappa shape index (κ1) is 16.9. The van der Waals surface area contributed by atoms with Crippen molar-refractivity contribution in [3.8, 4) is 0 Å². The van der Waals surface area contributed by atoms with Crippen molar-refractivity contribution >= 4 is 27.1 Å². The third-order valence-electron chi connectivity index (χ3n) is 3.12. The van der Waals surface area contributed by atoms with Crippen LogP contribution in [-0.2, 0) is 16.4 Å². The van der Waals surface area contributed by atoms with Gasteiger partial charge in [0.1, 0.15) is 0 Å². The van der Waals surface area contributed by atoms with Crippen LogP contribution in [0.5, 0.6) is 0 Å². The van der Waals surface area contributed by atoms with Crippen molar-refractivity contribution in [1.29, 1.82) is 0 Å². The highest BCUT2D eigenvalue weighted by Gasteiger charge is 2.29. The number of nitrogens with one attached hydrogen (secondary N) is 1. The van der Waals surface area contributed by atoms with Crippen LogP contribution in [0.2, 0.25) is 5.02 Å². The molecule has 0 radical (unpaired) electrons. The summed E-state index contributed by atoms with van der Waals surface area (Å²) < 4.78 is 22.2. The predicted octanol–water partition coefficient (Wildman–Crippen LogP) is 2.16. The summed E-state index contributed by atoms with van der Waals surface area (Å²) in [5.74, 6) is 0. The third kappa shape index (κ3) is 4.16. The van der Waals surface area contributed by atoms with E-state index in [1.807, 2.05) is 0 Å². The van der Waals surface area contributed by atoms with Gasteiger partial charge in [0.05, 0.1) is 14.7 Å². The first-order valence-electron chi connectivity index (χ1n) is 5.88. The number of nitrogens with zero attached hydrogens (tertiary/aromatic N) is 1. The highest BCUT2D eigenvalue weighted by atomic mass is 35.5. The predicted molar refractivity (Wildman–Crippen MR) is 78.7 cm³/mol. The number of rotatable bonds is 6. The molecule has 0 amide bonds. The van der Waals surface area contributed by atoms with Crippen molar-refractivity contribution in [2.24, 2.45) is 0 Å². The molecule has 0 atom stereocenters. The van der Waals surface area contributed by atoms with E-state index in [-0.39, 0.29) is 17.3 Å². The largest absolute Gasteiger partial charge is 0.311 e. The van der Waals surface area contributed by atoms with Gasteiger partial charge in [-0.25, -0.2) is 8.42 Å². The molecule has 0 aliphatic rings. The van der Waals surface area contributed by atoms with Crippen LogP contribution in [0.3, 0.4) is 0 Å². The zero-order valence-electron chi connectivity index (χ0n) is 11.5. The fourth-order valence-corrected chi connectivity index (χ4v) is 2.03. The summed E-state index contributed by atoms with van der Waals surface area (Å²) in [6.07, 6.45) is 1.19. The molecule has 20 heavy (non-hydrogen) atoms. The summed E-state index contributed by atoms with van der Waals surface area (Å²) >= 11 is 5.95. The maximum Gasteiger partial charge on any atom is 0.270 e. The van der Waals surface area contributed by atoms with Crippen molar-refractivity contribution in [3.63, 3.8) is 0 Å². The average Bonchev–Trinajstić information content (AvgIpc) is 2.29. The molecule has 112 valence electrons. The van der Waals surface area contributed by atoms with E-state index in [1.165, 1.54) is 18.4 Å². The van der Waals surface area contributed by atoms with Crippen LogP contribution in [-0.4, -0.2) is 30.9 Å². The molecule has 1 aromatic carbocycles. The molecule has 0 unspecified atom stereocenters. The van der Waals surface area contributed by atoms with Gasteiger partial charge in [-0.05, 0) is 25.5 Å². The Morgan fingerprint density at radius 1 is 1.40 bits per heavy atom. The molecular formula is C12H17ClN2O4S. The highest BCUT2D eigenvalue weighted by molar-refractivity contribution is 7.92. The molecule has 0 spiro atoms. The minimum Gasteiger partial charge on any atom is -0.311 e. The van der Waals surface area contributed by atoms with E-state index in [4.69, 9.17) is 11.6 Å². The molecule has 6 nitrogen and oxygen atoms in total. The Balaban J connectivity index is 2.70. The smallest absolute Gasteiger partial charge is 0.270 e. The summed E-state index contributed by atoms with van der Waals surface area (Å²) in [5, 5.41) is 13.9. The lowest BCUT2D eigenvalue weighted by Gasteiger charge is -2.23. The number of halogens is 1. The van der Waals surface area contributed by atoms with Crippen LogP contribution in [0, 0.1) is 10.1 Å². The molecule has 1 aromatic rings. The first-order chi connectivity index (χ1) is 9.04. The van der Waals surface area contributed by atoms with Gasteiger partial charge < -0.3 is 5.32 Å². The first-order valence-corrected chi connectivity index (χ1v) is 8.15. The standard InChI is InChI=1S/C12H17ClN2O4S/c1-12(2,20(3,18)19)8-14-7-9-4-5-10(15(16)17)6-11(9)13/h4-6,14H,7-8H2,1-3H3. The second-order valence-corrected chi connectivity index (χ2v) is 8.22. The van der Waals surface area contributed by atoms with Gasteiger partial charge in [-0.2, -0.15) is 0 Å². The molecule has 1 N–H and O–H groups in total. The fourth-order valence-electron chi connectivity index (χ4n) is 1.42. The summed E-state index contributed by atoms with van der Waals surface area (Å²) in [4.78, 5) is 10.1. The Bertz CT molecular complexity index is 614. The van der Waals surface area contributed by atoms with Gasteiger partial charge in [0.15, 0.2) is 9.84 Å². The molecule has 0 saturated heterocycles. The van der Waals surface area contributed by atoms with Gasteiger partial charge in [0.25, 0.3) is 5.69 Å². The number of nitro benzene ring substituents is 1. The lowest BCUT2D eigenvalue weighted by Crippen LogP contribution is -2.41. The van der Waals surface area contributed by atoms with E-state index in [0.717, 1.165) is 0 Å². The minimum atomic E-state index is -3.17. The number of hydrogen-bond acceptors (Lipinski definition) is 5. The molecule has 1 rings (SSSR count). The molecule has 0 heterocycles. The number of benzene rings is 1. The van der Waals surface area contributed by atoms with E-state index in [2.05, 4.69) is 5.32 Å². The molecule has 0 aromatic heterocycles. The fraction of sp³-hybridized carbons (Fsp3) is 0.500. The monoisotopic (exact) mass is 320 g/mol. The third-order valence-corrected chi connectivity index (χ3v) is 5.62. The number of non-ortho nitro benzene ring substituents is 1. The zero-order valence-corrected chi connectivity index (χ0v) is 13.1. The van der Waals surface area contributed by atoms with Crippen LogP contribution in [0.4, 0.5) is 5.69 Å². The van der Waals surface area contributed by atoms with Crippen LogP contribution in [0.25, 0.3) is 0 Å². The zero-order chi connectivity index (χ0) is 15.6. The Hall–Kier alpha value is -1.18. The maximum absolute atomic E-state index is 11.5. The van der Waals surface area contributed by atoms with E-state index in [1.54, 1.807) is 19.9 Å². The second kappa shape index (κ2) is 6.07. The molecule has 0 fully saturated rings. The van der Waals surface area contributed by atoms with E-state index >= 15 is 0 Å². The number of sulfone groups is 1. The SMILES string of the molecule is CC(C)(CNCc1ccc([N+](=O)[O-])cc1Cl)S(C)(=O)=O. The lowest BCUT2D eigenvalue weighted by atomic mass is 10.1. The van der Waals surface area contributed by atoms with Crippen molar-refractivity contribution < 1.29 is 13.3 Å². The second-order valence-electron chi connectivity index (χ2n) is 5.17. The van der Waals surface area contributed by atoms with Crippen molar-refractivity contribution in [2.45, 2.75) is 25.1 Å². The normalized spacial score (nSPS) is 12.4. The van der Waals surface area contributed by atoms with Crippen molar-refractivity contribution in [3.05, 3.63) is 38.9 Å². The molecule has 0 bridgehead atoms. The minimum absolute atomic E-state index is 0.0739. The maximum atomic E-state index is 11.5. The summed E-state index contributed by atoms with van der Waals surface area (Å²) in [5.41, 5.74) is 0.608. The van der Waals surface area contributed by atoms with Crippen molar-refractivity contribution in [2.75, 3.05) is 12.8 Å². The van der Waals surface area contributed by atoms with Gasteiger partial charge >= 0.3 is 0 Å². The Morgan fingerprint density at radius 2 is 2.00 bits per heavy atom. The van der Waals surface area contributed by atoms with Crippen molar-refractivity contribution in [1.82, 2.24) is 5.32 Å². The molecule has 0 saturated carbocycles. The summed E-state index contributed by atoms with van der Waals surface area (Å²) in [6.45, 7) is 3.87. The topological polar surface area (TPSA) is 89.3 Å². The van der Waals surface area contributed by atoms with Crippen LogP contribution < -0.4 is 5.32 Å². The van der Waals surface area contributed by atoms with Crippen LogP contribution in [0.1, 0.15) is 19.4 Å². The Kier molecular flexibility index (Phi) is 5.12. The quantitative estimate of drug-likeness (QED) is 0.641. The van der Waals surface area contributed by atoms with Gasteiger partial charge in [-0.1, -0.05) is 11.6 Å². The molecular weight excluding hydrogens is 304 g/mol. The van der Waals surface area contributed by atoms with Gasteiger partial charge in [0.2, 0.25) is 0 Å². The van der Waals surface area contributed by atoms with Gasteiger partial charge in [-0.15, -0.1) is 0 Å². The Labute approximate surface area is 123 Å². The highest BCUT2D eigenvalue weighted by Crippen LogP contribution is 2.22. The van der Waals surface area contributed by atoms with E-state index in [9.17, 15) is 18.5 Å². The summed E-state index contributed by atoms with van der Waals surface area (Å²) in [6, 6.07) is 4.20. The van der Waals surface area contributed by atoms with E-state index < -0.39 is 19.5 Å². The van der Waals surface area contributed by atoms with E-state index in [0.29, 0.717) is 12.1 Å². The number of hydrogen-bond donors (Lipinski definition) is 1. The average molecular weight is 321 g/mol. The Morgan fingerprint density at radius 3 is 2.45 bits per heavy atom. The van der Waals surface area contributed by atoms with Gasteiger partial charge in [-0.3, -0.25) is 10.1 Å². The summed E-state index contributed by atoms with van der Waals surface area (Å²) in [7, 11) is -3.17. The molecule has 0 aliphatic heterocycles. The molecule has 8 heteroatoms. The van der Waals surface area contributed by atoms with Crippen LogP contribution in [0.15, 0.2) is 18.2 Å². The number of nitro groups is 1. The molecule has 0 aliphatic carbocycles. The van der Waals surface area contributed by atoms with Gasteiger partial charge in [0, 0.05) is 31.5 Å². The lowest BCUT2D eigenvalue weighted by molar-refractivity contribution is -0.384. The van der Waals surface area contributed by atoms with Crippen LogP contribution >= 0.6 is 11.6 Å².